The van der Waals surface area contributed by atoms with E-state index >= 15 is 0 Å². The zero-order chi connectivity index (χ0) is 16.4. The van der Waals surface area contributed by atoms with E-state index in [-0.39, 0.29) is 17.1 Å². The molecule has 23 heavy (non-hydrogen) atoms. The second-order valence-corrected chi connectivity index (χ2v) is 7.40. The van der Waals surface area contributed by atoms with E-state index in [4.69, 9.17) is 9.88 Å². The van der Waals surface area contributed by atoms with E-state index in [0.29, 0.717) is 5.01 Å². The fourth-order valence-corrected chi connectivity index (χ4v) is 3.37. The summed E-state index contributed by atoms with van der Waals surface area (Å²) in [6.07, 6.45) is 0. The maximum absolute atomic E-state index is 12.0. The van der Waals surface area contributed by atoms with Crippen LogP contribution in [-0.4, -0.2) is 19.4 Å². The van der Waals surface area contributed by atoms with E-state index in [1.54, 1.807) is 0 Å². The molecular formula is C15H12N2O4S2. The molecule has 1 aromatic heterocycles. The van der Waals surface area contributed by atoms with Gasteiger partial charge in [-0.1, -0.05) is 12.1 Å². The molecule has 3 aromatic rings. The Hall–Kier alpha value is -2.29. The Morgan fingerprint density at radius 3 is 2.48 bits per heavy atom. The van der Waals surface area contributed by atoms with Crippen LogP contribution < -0.4 is 5.14 Å². The number of primary sulfonamides is 1. The number of sulfonamides is 1. The summed E-state index contributed by atoms with van der Waals surface area (Å²) in [7, 11) is -3.78. The van der Waals surface area contributed by atoms with Crippen molar-refractivity contribution in [1.82, 2.24) is 4.98 Å². The summed E-state index contributed by atoms with van der Waals surface area (Å²) in [5.41, 5.74) is 1.11. The monoisotopic (exact) mass is 348 g/mol. The molecule has 3 rings (SSSR count). The van der Waals surface area contributed by atoms with Crippen LogP contribution >= 0.6 is 11.3 Å². The molecule has 0 unspecified atom stereocenters. The fraction of sp³-hybridized carbons (Fsp3) is 0.0667. The number of hydrogen-bond acceptors (Lipinski definition) is 6. The number of nitrogens with two attached hydrogens (primary N) is 1. The molecule has 6 nitrogen and oxygen atoms in total. The molecule has 0 saturated carbocycles. The summed E-state index contributed by atoms with van der Waals surface area (Å²) < 4.78 is 28.6. The highest BCUT2D eigenvalue weighted by atomic mass is 32.2. The van der Waals surface area contributed by atoms with Crippen molar-refractivity contribution in [2.45, 2.75) is 11.5 Å². The number of rotatable bonds is 4. The summed E-state index contributed by atoms with van der Waals surface area (Å²) in [4.78, 5) is 16.3. The third-order valence-corrected chi connectivity index (χ3v) is 5.02. The lowest BCUT2D eigenvalue weighted by molar-refractivity contribution is 0.0472. The first-order valence-electron chi connectivity index (χ1n) is 6.58. The minimum absolute atomic E-state index is 0.0553. The Bertz CT molecular complexity index is 930. The van der Waals surface area contributed by atoms with Crippen LogP contribution in [0, 0.1) is 0 Å². The Balaban J connectivity index is 1.69. The fourth-order valence-electron chi connectivity index (χ4n) is 1.97. The lowest BCUT2D eigenvalue weighted by Gasteiger charge is -2.03. The van der Waals surface area contributed by atoms with Crippen LogP contribution in [0.1, 0.15) is 15.4 Å². The van der Waals surface area contributed by atoms with Gasteiger partial charge in [-0.2, -0.15) is 0 Å². The van der Waals surface area contributed by atoms with Crippen molar-refractivity contribution >= 4 is 37.5 Å². The SMILES string of the molecule is NS(=O)(=O)c1ccc(C(=O)OCc2nc3ccccc3s2)cc1. The number of fused-ring (bicyclic) bond motifs is 1. The normalized spacial score (nSPS) is 11.5. The van der Waals surface area contributed by atoms with Gasteiger partial charge in [-0.05, 0) is 36.4 Å². The van der Waals surface area contributed by atoms with Crippen LogP contribution in [-0.2, 0) is 21.4 Å². The molecule has 0 bridgehead atoms. The molecule has 0 radical (unpaired) electrons. The van der Waals surface area contributed by atoms with Gasteiger partial charge in [0, 0.05) is 0 Å². The molecule has 1 heterocycles. The number of hydrogen-bond donors (Lipinski definition) is 1. The molecule has 2 aromatic carbocycles. The van der Waals surface area contributed by atoms with Gasteiger partial charge in [0.2, 0.25) is 10.0 Å². The average Bonchev–Trinajstić information content (AvgIpc) is 2.95. The first-order chi connectivity index (χ1) is 10.9. The zero-order valence-electron chi connectivity index (χ0n) is 11.8. The average molecular weight is 348 g/mol. The molecule has 8 heteroatoms. The quantitative estimate of drug-likeness (QED) is 0.729. The minimum Gasteiger partial charge on any atom is -0.455 e. The lowest BCUT2D eigenvalue weighted by atomic mass is 10.2. The standard InChI is InChI=1S/C15H12N2O4S2/c16-23(19,20)11-7-5-10(6-8-11)15(18)21-9-14-17-12-3-1-2-4-13(12)22-14/h1-8H,9H2,(H2,16,19,20). The predicted octanol–water partition coefficient (Wildman–Crippen LogP) is 2.30. The van der Waals surface area contributed by atoms with Gasteiger partial charge in [0.25, 0.3) is 0 Å². The summed E-state index contributed by atoms with van der Waals surface area (Å²) in [6, 6.07) is 12.9. The second kappa shape index (κ2) is 6.07. The van der Waals surface area contributed by atoms with Gasteiger partial charge in [-0.3, -0.25) is 0 Å². The summed E-state index contributed by atoms with van der Waals surface area (Å²) >= 11 is 1.46. The molecule has 0 saturated heterocycles. The van der Waals surface area contributed by atoms with Crippen LogP contribution in [0.3, 0.4) is 0 Å². The Morgan fingerprint density at radius 1 is 1.13 bits per heavy atom. The Labute approximate surface area is 136 Å². The van der Waals surface area contributed by atoms with Crippen LogP contribution in [0.25, 0.3) is 10.2 Å². The first-order valence-corrected chi connectivity index (χ1v) is 8.94. The molecule has 0 aliphatic rings. The zero-order valence-corrected chi connectivity index (χ0v) is 13.4. The van der Waals surface area contributed by atoms with Gasteiger partial charge in [0.1, 0.15) is 11.6 Å². The molecular weight excluding hydrogens is 336 g/mol. The van der Waals surface area contributed by atoms with Crippen molar-refractivity contribution in [3.8, 4) is 0 Å². The first kappa shape index (κ1) is 15.6. The Kier molecular flexibility index (Phi) is 4.12. The molecule has 0 amide bonds. The van der Waals surface area contributed by atoms with Gasteiger partial charge in [0.15, 0.2) is 0 Å². The van der Waals surface area contributed by atoms with E-state index in [2.05, 4.69) is 4.98 Å². The summed E-state index contributed by atoms with van der Waals surface area (Å²) in [6.45, 7) is 0.0646. The van der Waals surface area contributed by atoms with Gasteiger partial charge in [-0.25, -0.2) is 23.3 Å². The minimum atomic E-state index is -3.78. The number of esters is 1. The van der Waals surface area contributed by atoms with Crippen molar-refractivity contribution in [1.29, 1.82) is 0 Å². The van der Waals surface area contributed by atoms with Crippen molar-refractivity contribution in [3.63, 3.8) is 0 Å². The van der Waals surface area contributed by atoms with Crippen molar-refractivity contribution < 1.29 is 17.9 Å². The number of nitrogens with zero attached hydrogens (tertiary/aromatic N) is 1. The second-order valence-electron chi connectivity index (χ2n) is 4.72. The number of carbonyl (C=O) groups is 1. The molecule has 0 aliphatic heterocycles. The molecule has 0 atom stereocenters. The topological polar surface area (TPSA) is 99.4 Å². The van der Waals surface area contributed by atoms with E-state index in [1.807, 2.05) is 24.3 Å². The molecule has 118 valence electrons. The van der Waals surface area contributed by atoms with Crippen LogP contribution in [0.2, 0.25) is 0 Å². The van der Waals surface area contributed by atoms with Gasteiger partial charge < -0.3 is 4.74 Å². The highest BCUT2D eigenvalue weighted by molar-refractivity contribution is 7.89. The molecule has 2 N–H and O–H groups in total. The largest absolute Gasteiger partial charge is 0.455 e. The van der Waals surface area contributed by atoms with Crippen LogP contribution in [0.5, 0.6) is 0 Å². The third kappa shape index (κ3) is 3.55. The summed E-state index contributed by atoms with van der Waals surface area (Å²) in [5, 5.41) is 5.70. The van der Waals surface area contributed by atoms with Gasteiger partial charge in [0.05, 0.1) is 20.7 Å². The van der Waals surface area contributed by atoms with E-state index in [0.717, 1.165) is 10.2 Å². The number of ether oxygens (including phenoxy) is 1. The number of benzene rings is 2. The van der Waals surface area contributed by atoms with Crippen molar-refractivity contribution in [3.05, 3.63) is 59.1 Å². The highest BCUT2D eigenvalue weighted by Gasteiger charge is 2.12. The van der Waals surface area contributed by atoms with Gasteiger partial charge >= 0.3 is 5.97 Å². The predicted molar refractivity (Wildman–Crippen MR) is 86.6 cm³/mol. The van der Waals surface area contributed by atoms with E-state index < -0.39 is 16.0 Å². The highest BCUT2D eigenvalue weighted by Crippen LogP contribution is 2.22. The van der Waals surface area contributed by atoms with E-state index in [9.17, 15) is 13.2 Å². The maximum atomic E-state index is 12.0. The molecule has 0 fully saturated rings. The number of para-hydroxylation sites is 1. The van der Waals surface area contributed by atoms with Crippen LogP contribution in [0.4, 0.5) is 0 Å². The van der Waals surface area contributed by atoms with Crippen molar-refractivity contribution in [2.75, 3.05) is 0 Å². The molecule has 0 spiro atoms. The summed E-state index contributed by atoms with van der Waals surface area (Å²) in [5.74, 6) is -0.551. The maximum Gasteiger partial charge on any atom is 0.338 e. The van der Waals surface area contributed by atoms with E-state index in [1.165, 1.54) is 35.6 Å². The lowest BCUT2D eigenvalue weighted by Crippen LogP contribution is -2.12. The smallest absolute Gasteiger partial charge is 0.338 e. The van der Waals surface area contributed by atoms with Crippen LogP contribution in [0.15, 0.2) is 53.4 Å². The number of aromatic nitrogens is 1. The molecule has 0 aliphatic carbocycles. The Morgan fingerprint density at radius 2 is 1.83 bits per heavy atom. The van der Waals surface area contributed by atoms with Gasteiger partial charge in [-0.15, -0.1) is 11.3 Å². The third-order valence-electron chi connectivity index (χ3n) is 3.08. The number of carbonyl (C=O) groups excluding carboxylic acids is 1. The van der Waals surface area contributed by atoms with Crippen molar-refractivity contribution in [2.24, 2.45) is 5.14 Å². The number of thiazole rings is 1.